The van der Waals surface area contributed by atoms with E-state index in [2.05, 4.69) is 5.32 Å². The molecule has 0 amide bonds. The van der Waals surface area contributed by atoms with Gasteiger partial charge in [-0.25, -0.2) is 0 Å². The third-order valence-electron chi connectivity index (χ3n) is 1.68. The lowest BCUT2D eigenvalue weighted by atomic mass is 10.4. The number of thiophene rings is 1. The van der Waals surface area contributed by atoms with E-state index in [1.165, 1.54) is 4.88 Å². The van der Waals surface area contributed by atoms with Crippen LogP contribution in [0.2, 0.25) is 0 Å². The van der Waals surface area contributed by atoms with Gasteiger partial charge in [0, 0.05) is 22.8 Å². The molecule has 80 valence electrons. The van der Waals surface area contributed by atoms with E-state index >= 15 is 0 Å². The van der Waals surface area contributed by atoms with E-state index in [1.54, 1.807) is 11.3 Å². The van der Waals surface area contributed by atoms with Crippen molar-refractivity contribution in [2.45, 2.75) is 26.1 Å². The highest BCUT2D eigenvalue weighted by Crippen LogP contribution is 2.18. The number of hydrogen-bond donors (Lipinski definition) is 1. The standard InChI is InChI=1S/C9H12F3NS/c1-7-2-3-8(14-7)6-13-5-4-9(10,11)12/h2-3,13H,4-6H2,1H3. The van der Waals surface area contributed by atoms with Crippen LogP contribution in [0.15, 0.2) is 12.1 Å². The average Bonchev–Trinajstić information content (AvgIpc) is 2.44. The first-order valence-electron chi connectivity index (χ1n) is 4.30. The normalized spacial score (nSPS) is 12.0. The molecule has 0 atom stereocenters. The van der Waals surface area contributed by atoms with Crippen molar-refractivity contribution in [3.05, 3.63) is 21.9 Å². The van der Waals surface area contributed by atoms with Crippen molar-refractivity contribution in [3.8, 4) is 0 Å². The molecule has 0 bridgehead atoms. The Morgan fingerprint density at radius 1 is 1.36 bits per heavy atom. The zero-order chi connectivity index (χ0) is 10.6. The second-order valence-corrected chi connectivity index (χ2v) is 4.43. The zero-order valence-electron chi connectivity index (χ0n) is 7.82. The summed E-state index contributed by atoms with van der Waals surface area (Å²) in [5.41, 5.74) is 0. The van der Waals surface area contributed by atoms with Crippen molar-refractivity contribution < 1.29 is 13.2 Å². The third-order valence-corrected chi connectivity index (χ3v) is 2.68. The molecule has 1 N–H and O–H groups in total. The molecule has 1 aromatic rings. The molecule has 5 heteroatoms. The van der Waals surface area contributed by atoms with Gasteiger partial charge in [-0.2, -0.15) is 13.2 Å². The molecule has 0 radical (unpaired) electrons. The van der Waals surface area contributed by atoms with Crippen LogP contribution in [0.1, 0.15) is 16.2 Å². The van der Waals surface area contributed by atoms with Crippen molar-refractivity contribution in [2.75, 3.05) is 6.54 Å². The molecular weight excluding hydrogens is 211 g/mol. The predicted octanol–water partition coefficient (Wildman–Crippen LogP) is 3.10. The highest BCUT2D eigenvalue weighted by Gasteiger charge is 2.25. The second-order valence-electron chi connectivity index (χ2n) is 3.05. The summed E-state index contributed by atoms with van der Waals surface area (Å²) in [6.45, 7) is 2.49. The molecule has 0 aliphatic carbocycles. The van der Waals surface area contributed by atoms with Crippen molar-refractivity contribution >= 4 is 11.3 Å². The molecule has 14 heavy (non-hydrogen) atoms. The summed E-state index contributed by atoms with van der Waals surface area (Å²) in [7, 11) is 0. The van der Waals surface area contributed by atoms with Gasteiger partial charge in [-0.3, -0.25) is 0 Å². The smallest absolute Gasteiger partial charge is 0.312 e. The Morgan fingerprint density at radius 2 is 2.07 bits per heavy atom. The van der Waals surface area contributed by atoms with Crippen LogP contribution in [0.3, 0.4) is 0 Å². The number of hydrogen-bond acceptors (Lipinski definition) is 2. The minimum Gasteiger partial charge on any atom is -0.312 e. The number of aryl methyl sites for hydroxylation is 1. The SMILES string of the molecule is Cc1ccc(CNCCC(F)(F)F)s1. The Labute approximate surface area is 84.9 Å². The quantitative estimate of drug-likeness (QED) is 0.773. The molecule has 0 spiro atoms. The van der Waals surface area contributed by atoms with Gasteiger partial charge in [0.05, 0.1) is 6.42 Å². The summed E-state index contributed by atoms with van der Waals surface area (Å²) in [4.78, 5) is 2.25. The first kappa shape index (κ1) is 11.5. The Balaban J connectivity index is 2.16. The predicted molar refractivity (Wildman–Crippen MR) is 51.4 cm³/mol. The van der Waals surface area contributed by atoms with E-state index in [0.717, 1.165) is 4.88 Å². The molecule has 0 unspecified atom stereocenters. The van der Waals surface area contributed by atoms with E-state index in [1.807, 2.05) is 19.1 Å². The average molecular weight is 223 g/mol. The molecule has 0 saturated heterocycles. The molecule has 1 rings (SSSR count). The molecule has 0 aliphatic rings. The molecule has 0 aliphatic heterocycles. The van der Waals surface area contributed by atoms with E-state index in [-0.39, 0.29) is 6.54 Å². The fourth-order valence-corrected chi connectivity index (χ4v) is 1.88. The number of alkyl halides is 3. The van der Waals surface area contributed by atoms with E-state index in [4.69, 9.17) is 0 Å². The summed E-state index contributed by atoms with van der Waals surface area (Å²) < 4.78 is 35.2. The largest absolute Gasteiger partial charge is 0.390 e. The van der Waals surface area contributed by atoms with Crippen LogP contribution in [0.4, 0.5) is 13.2 Å². The molecular formula is C9H12F3NS. The van der Waals surface area contributed by atoms with Crippen LogP contribution < -0.4 is 5.32 Å². The van der Waals surface area contributed by atoms with Crippen molar-refractivity contribution in [3.63, 3.8) is 0 Å². The van der Waals surface area contributed by atoms with E-state index in [9.17, 15) is 13.2 Å². The van der Waals surface area contributed by atoms with Gasteiger partial charge in [-0.05, 0) is 19.1 Å². The monoisotopic (exact) mass is 223 g/mol. The molecule has 1 nitrogen and oxygen atoms in total. The number of rotatable bonds is 4. The van der Waals surface area contributed by atoms with E-state index in [0.29, 0.717) is 6.54 Å². The number of nitrogens with one attached hydrogen (secondary N) is 1. The van der Waals surface area contributed by atoms with Crippen molar-refractivity contribution in [1.82, 2.24) is 5.32 Å². The molecule has 1 aromatic heterocycles. The van der Waals surface area contributed by atoms with Crippen LogP contribution in [0, 0.1) is 6.92 Å². The lowest BCUT2D eigenvalue weighted by molar-refractivity contribution is -0.133. The maximum Gasteiger partial charge on any atom is 0.390 e. The Kier molecular flexibility index (Phi) is 3.95. The Bertz CT molecular complexity index is 280. The maximum atomic E-state index is 11.7. The van der Waals surface area contributed by atoms with Crippen molar-refractivity contribution in [1.29, 1.82) is 0 Å². The molecule has 0 saturated carbocycles. The summed E-state index contributed by atoms with van der Waals surface area (Å²) in [5, 5.41) is 2.76. The van der Waals surface area contributed by atoms with Gasteiger partial charge >= 0.3 is 6.18 Å². The Hall–Kier alpha value is -0.550. The molecule has 1 heterocycles. The number of halogens is 3. The minimum absolute atomic E-state index is 0.0134. The van der Waals surface area contributed by atoms with Gasteiger partial charge in [-0.15, -0.1) is 11.3 Å². The van der Waals surface area contributed by atoms with Crippen LogP contribution in [0.25, 0.3) is 0 Å². The van der Waals surface area contributed by atoms with Gasteiger partial charge in [0.15, 0.2) is 0 Å². The summed E-state index contributed by atoms with van der Waals surface area (Å²) >= 11 is 1.60. The summed E-state index contributed by atoms with van der Waals surface area (Å²) in [6, 6.07) is 3.89. The lowest BCUT2D eigenvalue weighted by Gasteiger charge is -2.06. The van der Waals surface area contributed by atoms with Gasteiger partial charge < -0.3 is 5.32 Å². The van der Waals surface area contributed by atoms with Crippen molar-refractivity contribution in [2.24, 2.45) is 0 Å². The van der Waals surface area contributed by atoms with Crippen LogP contribution in [0.5, 0.6) is 0 Å². The van der Waals surface area contributed by atoms with Gasteiger partial charge in [0.2, 0.25) is 0 Å². The van der Waals surface area contributed by atoms with Crippen LogP contribution in [-0.4, -0.2) is 12.7 Å². The molecule has 0 fully saturated rings. The Morgan fingerprint density at radius 3 is 2.57 bits per heavy atom. The van der Waals surface area contributed by atoms with E-state index < -0.39 is 12.6 Å². The second kappa shape index (κ2) is 4.79. The lowest BCUT2D eigenvalue weighted by Crippen LogP contribution is -2.20. The van der Waals surface area contributed by atoms with Gasteiger partial charge in [-0.1, -0.05) is 0 Å². The molecule has 0 aromatic carbocycles. The maximum absolute atomic E-state index is 11.7. The zero-order valence-corrected chi connectivity index (χ0v) is 8.63. The first-order chi connectivity index (χ1) is 6.47. The van der Waals surface area contributed by atoms with Gasteiger partial charge in [0.25, 0.3) is 0 Å². The van der Waals surface area contributed by atoms with Crippen LogP contribution >= 0.6 is 11.3 Å². The fraction of sp³-hybridized carbons (Fsp3) is 0.556. The highest BCUT2D eigenvalue weighted by atomic mass is 32.1. The van der Waals surface area contributed by atoms with Gasteiger partial charge in [0.1, 0.15) is 0 Å². The summed E-state index contributed by atoms with van der Waals surface area (Å²) in [5.74, 6) is 0. The fourth-order valence-electron chi connectivity index (χ4n) is 1.02. The van der Waals surface area contributed by atoms with Crippen LogP contribution in [-0.2, 0) is 6.54 Å². The highest BCUT2D eigenvalue weighted by molar-refractivity contribution is 7.11. The first-order valence-corrected chi connectivity index (χ1v) is 5.12. The minimum atomic E-state index is -4.06. The summed E-state index contributed by atoms with van der Waals surface area (Å²) in [6.07, 6.45) is -4.82. The topological polar surface area (TPSA) is 12.0 Å². The third kappa shape index (κ3) is 4.62.